The lowest BCUT2D eigenvalue weighted by atomic mass is 9.97. The van der Waals surface area contributed by atoms with E-state index in [2.05, 4.69) is 26.7 Å². The first-order valence-electron chi connectivity index (χ1n) is 10.8. The Kier molecular flexibility index (Phi) is 6.82. The summed E-state index contributed by atoms with van der Waals surface area (Å²) in [6, 6.07) is 5.59. The van der Waals surface area contributed by atoms with Crippen molar-refractivity contribution in [2.24, 2.45) is 5.92 Å². The Balaban J connectivity index is 1.76. The molecule has 1 aliphatic rings. The SMILES string of the molecule is CC(C)Nc1nc(C#N)cc2cnc(NC(=O)[C@H]3CCCN(C(=O)OC(C)(C)C)C3)cc12. The number of hydrogen-bond acceptors (Lipinski definition) is 7. The van der Waals surface area contributed by atoms with Gasteiger partial charge in [0.2, 0.25) is 5.91 Å². The molecule has 1 atom stereocenters. The van der Waals surface area contributed by atoms with E-state index < -0.39 is 11.7 Å². The number of rotatable bonds is 4. The van der Waals surface area contributed by atoms with E-state index in [0.717, 1.165) is 17.2 Å². The van der Waals surface area contributed by atoms with E-state index in [9.17, 15) is 14.9 Å². The molecular formula is C23H30N6O3. The number of anilines is 2. The molecule has 2 N–H and O–H groups in total. The molecule has 1 aliphatic heterocycles. The van der Waals surface area contributed by atoms with Gasteiger partial charge in [-0.05, 0) is 59.6 Å². The number of nitriles is 1. The Morgan fingerprint density at radius 1 is 1.31 bits per heavy atom. The molecule has 1 saturated heterocycles. The van der Waals surface area contributed by atoms with Gasteiger partial charge in [0.15, 0.2) is 0 Å². The molecule has 9 nitrogen and oxygen atoms in total. The fourth-order valence-electron chi connectivity index (χ4n) is 3.57. The minimum absolute atomic E-state index is 0.118. The third kappa shape index (κ3) is 5.84. The predicted octanol–water partition coefficient (Wildman–Crippen LogP) is 3.91. The molecule has 0 saturated carbocycles. The van der Waals surface area contributed by atoms with Crippen LogP contribution in [-0.2, 0) is 9.53 Å². The average Bonchev–Trinajstić information content (AvgIpc) is 2.72. The molecule has 9 heteroatoms. The van der Waals surface area contributed by atoms with Gasteiger partial charge in [0.05, 0.1) is 5.92 Å². The molecule has 2 aromatic heterocycles. The molecule has 2 amide bonds. The Morgan fingerprint density at radius 2 is 2.06 bits per heavy atom. The second-order valence-electron chi connectivity index (χ2n) is 9.31. The number of aromatic nitrogens is 2. The van der Waals surface area contributed by atoms with Crippen LogP contribution in [0.5, 0.6) is 0 Å². The lowest BCUT2D eigenvalue weighted by Gasteiger charge is -2.33. The van der Waals surface area contributed by atoms with Crippen LogP contribution in [0, 0.1) is 17.2 Å². The number of nitrogens with zero attached hydrogens (tertiary/aromatic N) is 4. The fourth-order valence-corrected chi connectivity index (χ4v) is 3.57. The molecule has 1 fully saturated rings. The van der Waals surface area contributed by atoms with Crippen LogP contribution in [0.1, 0.15) is 53.2 Å². The highest BCUT2D eigenvalue weighted by Gasteiger charge is 2.31. The maximum atomic E-state index is 12.9. The maximum Gasteiger partial charge on any atom is 0.410 e. The van der Waals surface area contributed by atoms with Crippen LogP contribution in [-0.4, -0.2) is 51.6 Å². The zero-order chi connectivity index (χ0) is 23.5. The lowest BCUT2D eigenvalue weighted by molar-refractivity contribution is -0.121. The summed E-state index contributed by atoms with van der Waals surface area (Å²) in [6.45, 7) is 10.3. The van der Waals surface area contributed by atoms with Crippen molar-refractivity contribution in [1.82, 2.24) is 14.9 Å². The molecular weight excluding hydrogens is 408 g/mol. The summed E-state index contributed by atoms with van der Waals surface area (Å²) in [5, 5.41) is 16.9. The maximum absolute atomic E-state index is 12.9. The first-order valence-corrected chi connectivity index (χ1v) is 10.8. The highest BCUT2D eigenvalue weighted by Crippen LogP contribution is 2.26. The highest BCUT2D eigenvalue weighted by atomic mass is 16.6. The van der Waals surface area contributed by atoms with Crippen molar-refractivity contribution < 1.29 is 14.3 Å². The van der Waals surface area contributed by atoms with Gasteiger partial charge in [-0.25, -0.2) is 14.8 Å². The minimum Gasteiger partial charge on any atom is -0.444 e. The molecule has 2 aromatic rings. The van der Waals surface area contributed by atoms with E-state index in [4.69, 9.17) is 4.74 Å². The van der Waals surface area contributed by atoms with E-state index in [0.29, 0.717) is 36.8 Å². The van der Waals surface area contributed by atoms with E-state index in [1.807, 2.05) is 34.6 Å². The second-order valence-corrected chi connectivity index (χ2v) is 9.31. The zero-order valence-electron chi connectivity index (χ0n) is 19.2. The molecule has 170 valence electrons. The molecule has 32 heavy (non-hydrogen) atoms. The number of ether oxygens (including phenoxy) is 1. The number of nitrogens with one attached hydrogen (secondary N) is 2. The van der Waals surface area contributed by atoms with Gasteiger partial charge in [-0.1, -0.05) is 0 Å². The summed E-state index contributed by atoms with van der Waals surface area (Å²) in [6.07, 6.45) is 2.63. The summed E-state index contributed by atoms with van der Waals surface area (Å²) in [5.41, 5.74) is -0.286. The first-order chi connectivity index (χ1) is 15.1. The Hall–Kier alpha value is -3.41. The number of hydrogen-bond donors (Lipinski definition) is 2. The summed E-state index contributed by atoms with van der Waals surface area (Å²) < 4.78 is 5.44. The number of fused-ring (bicyclic) bond motifs is 1. The molecule has 0 aliphatic carbocycles. The second kappa shape index (κ2) is 9.39. The molecule has 0 spiro atoms. The van der Waals surface area contributed by atoms with E-state index in [1.54, 1.807) is 23.2 Å². The van der Waals surface area contributed by atoms with Crippen molar-refractivity contribution in [3.63, 3.8) is 0 Å². The molecule has 0 radical (unpaired) electrons. The van der Waals surface area contributed by atoms with Crippen molar-refractivity contribution >= 4 is 34.4 Å². The molecule has 0 bridgehead atoms. The van der Waals surface area contributed by atoms with Crippen LogP contribution >= 0.6 is 0 Å². The lowest BCUT2D eigenvalue weighted by Crippen LogP contribution is -2.45. The Bertz CT molecular complexity index is 1050. The van der Waals surface area contributed by atoms with E-state index in [-0.39, 0.29) is 17.9 Å². The number of carbonyl (C=O) groups excluding carboxylic acids is 2. The van der Waals surface area contributed by atoms with Crippen LogP contribution in [0.3, 0.4) is 0 Å². The molecule has 3 rings (SSSR count). The number of amides is 2. The Labute approximate surface area is 188 Å². The standard InChI is InChI=1S/C23H30N6O3/c1-14(2)26-20-18-10-19(25-12-16(18)9-17(11-24)27-20)28-21(30)15-7-6-8-29(13-15)22(31)32-23(3,4)5/h9-10,12,14-15H,6-8,13H2,1-5H3,(H,26,27)(H,25,28,30)/t15-/m0/s1. The summed E-state index contributed by atoms with van der Waals surface area (Å²) in [7, 11) is 0. The van der Waals surface area contributed by atoms with Gasteiger partial charge in [-0.2, -0.15) is 5.26 Å². The van der Waals surface area contributed by atoms with Crippen LogP contribution in [0.15, 0.2) is 18.3 Å². The van der Waals surface area contributed by atoms with Crippen LogP contribution < -0.4 is 10.6 Å². The number of pyridine rings is 2. The largest absolute Gasteiger partial charge is 0.444 e. The quantitative estimate of drug-likeness (QED) is 0.742. The first kappa shape index (κ1) is 23.3. The van der Waals surface area contributed by atoms with Crippen LogP contribution in [0.4, 0.5) is 16.4 Å². The number of carbonyl (C=O) groups is 2. The van der Waals surface area contributed by atoms with E-state index >= 15 is 0 Å². The topological polar surface area (TPSA) is 120 Å². The smallest absolute Gasteiger partial charge is 0.410 e. The van der Waals surface area contributed by atoms with Crippen molar-refractivity contribution in [2.75, 3.05) is 23.7 Å². The number of likely N-dealkylation sites (tertiary alicyclic amines) is 1. The third-order valence-corrected chi connectivity index (χ3v) is 4.95. The van der Waals surface area contributed by atoms with Gasteiger partial charge in [0, 0.05) is 36.1 Å². The molecule has 0 unspecified atom stereocenters. The van der Waals surface area contributed by atoms with Gasteiger partial charge in [0.25, 0.3) is 0 Å². The van der Waals surface area contributed by atoms with Crippen molar-refractivity contribution in [3.8, 4) is 6.07 Å². The third-order valence-electron chi connectivity index (χ3n) is 4.95. The van der Waals surface area contributed by atoms with Crippen molar-refractivity contribution in [2.45, 2.75) is 59.1 Å². The summed E-state index contributed by atoms with van der Waals surface area (Å²) in [4.78, 5) is 35.6. The molecule has 0 aromatic carbocycles. The van der Waals surface area contributed by atoms with Gasteiger partial charge in [-0.15, -0.1) is 0 Å². The predicted molar refractivity (Wildman–Crippen MR) is 122 cm³/mol. The number of piperidine rings is 1. The fraction of sp³-hybridized carbons (Fsp3) is 0.522. The minimum atomic E-state index is -0.581. The monoisotopic (exact) mass is 438 g/mol. The van der Waals surface area contributed by atoms with Gasteiger partial charge in [-0.3, -0.25) is 4.79 Å². The van der Waals surface area contributed by atoms with E-state index in [1.165, 1.54) is 0 Å². The van der Waals surface area contributed by atoms with Gasteiger partial charge >= 0.3 is 6.09 Å². The van der Waals surface area contributed by atoms with Crippen molar-refractivity contribution in [3.05, 3.63) is 24.0 Å². The zero-order valence-corrected chi connectivity index (χ0v) is 19.2. The van der Waals surface area contributed by atoms with Crippen LogP contribution in [0.2, 0.25) is 0 Å². The average molecular weight is 439 g/mol. The highest BCUT2D eigenvalue weighted by molar-refractivity contribution is 5.97. The van der Waals surface area contributed by atoms with Crippen LogP contribution in [0.25, 0.3) is 10.8 Å². The van der Waals surface area contributed by atoms with Gasteiger partial charge in [0.1, 0.15) is 29.0 Å². The summed E-state index contributed by atoms with van der Waals surface area (Å²) >= 11 is 0. The summed E-state index contributed by atoms with van der Waals surface area (Å²) in [5.74, 6) is 0.433. The van der Waals surface area contributed by atoms with Gasteiger partial charge < -0.3 is 20.3 Å². The van der Waals surface area contributed by atoms with Crippen molar-refractivity contribution in [1.29, 1.82) is 5.26 Å². The Morgan fingerprint density at radius 3 is 2.72 bits per heavy atom. The normalized spacial score (nSPS) is 16.5. The molecule has 3 heterocycles.